The molecule has 0 saturated carbocycles. The predicted molar refractivity (Wildman–Crippen MR) is 213 cm³/mol. The molecule has 0 amide bonds. The predicted octanol–water partition coefficient (Wildman–Crippen LogP) is 13.7. The van der Waals surface area contributed by atoms with E-state index in [2.05, 4.69) is 167 Å². The Balaban J connectivity index is 1.22. The normalized spacial score (nSPS) is 12.0. The summed E-state index contributed by atoms with van der Waals surface area (Å²) in [4.78, 5) is 2.41. The first-order chi connectivity index (χ1) is 24.8. The zero-order valence-electron chi connectivity index (χ0n) is 26.9. The molecule has 3 nitrogen and oxygen atoms in total. The van der Waals surface area contributed by atoms with E-state index in [4.69, 9.17) is 4.42 Å². The molecule has 0 unspecified atom stereocenters. The Labute approximate surface area is 291 Å². The summed E-state index contributed by atoms with van der Waals surface area (Å²) in [5, 5.41) is 9.74. The van der Waals surface area contributed by atoms with Gasteiger partial charge in [0.1, 0.15) is 11.2 Å². The molecule has 0 radical (unpaired) electrons. The van der Waals surface area contributed by atoms with Crippen molar-refractivity contribution in [1.29, 1.82) is 0 Å². The molecule has 11 rings (SSSR count). The van der Waals surface area contributed by atoms with Gasteiger partial charge in [-0.1, -0.05) is 91.0 Å². The Kier molecular flexibility index (Phi) is 5.83. The molecule has 0 spiro atoms. The SMILES string of the molecule is c1ccc(-n2c3ccccc3c3cccc(N(c4ccc5cc6sc7ccccc7c6cc5c4)c4ccc5c(c4)oc4ccccc45)c32)cc1. The molecule has 11 aromatic rings. The van der Waals surface area contributed by atoms with Crippen molar-refractivity contribution in [2.75, 3.05) is 4.90 Å². The summed E-state index contributed by atoms with van der Waals surface area (Å²) in [6.07, 6.45) is 0. The molecule has 0 fully saturated rings. The molecule has 0 aliphatic heterocycles. The maximum atomic E-state index is 6.46. The summed E-state index contributed by atoms with van der Waals surface area (Å²) in [5.41, 5.74) is 8.46. The third-order valence-electron chi connectivity index (χ3n) is 10.1. The zero-order valence-corrected chi connectivity index (χ0v) is 27.7. The highest BCUT2D eigenvalue weighted by Gasteiger charge is 2.22. The monoisotopic (exact) mass is 656 g/mol. The van der Waals surface area contributed by atoms with Gasteiger partial charge in [0, 0.05) is 64.8 Å². The molecular formula is C46H28N2OS. The zero-order chi connectivity index (χ0) is 32.8. The number of hydrogen-bond donors (Lipinski definition) is 0. The molecule has 3 aromatic heterocycles. The topological polar surface area (TPSA) is 21.3 Å². The number of anilines is 3. The molecular weight excluding hydrogens is 629 g/mol. The smallest absolute Gasteiger partial charge is 0.137 e. The second-order valence-electron chi connectivity index (χ2n) is 13.0. The van der Waals surface area contributed by atoms with E-state index in [-0.39, 0.29) is 0 Å². The van der Waals surface area contributed by atoms with Crippen molar-refractivity contribution < 1.29 is 4.42 Å². The molecule has 3 heterocycles. The van der Waals surface area contributed by atoms with Crippen LogP contribution in [0.25, 0.3) is 80.4 Å². The van der Waals surface area contributed by atoms with Gasteiger partial charge in [0.2, 0.25) is 0 Å². The Bertz CT molecular complexity index is 3110. The van der Waals surface area contributed by atoms with Crippen LogP contribution in [0.4, 0.5) is 17.1 Å². The second-order valence-corrected chi connectivity index (χ2v) is 14.0. The third kappa shape index (κ3) is 4.03. The third-order valence-corrected chi connectivity index (χ3v) is 11.3. The maximum Gasteiger partial charge on any atom is 0.137 e. The number of rotatable bonds is 4. The maximum absolute atomic E-state index is 6.46. The van der Waals surface area contributed by atoms with E-state index in [0.29, 0.717) is 0 Å². The molecule has 234 valence electrons. The summed E-state index contributed by atoms with van der Waals surface area (Å²) in [5.74, 6) is 0. The van der Waals surface area contributed by atoms with Crippen LogP contribution in [0.2, 0.25) is 0 Å². The highest BCUT2D eigenvalue weighted by atomic mass is 32.1. The van der Waals surface area contributed by atoms with Crippen molar-refractivity contribution in [2.45, 2.75) is 0 Å². The van der Waals surface area contributed by atoms with Crippen LogP contribution in [-0.4, -0.2) is 4.57 Å². The Morgan fingerprint density at radius 2 is 1.16 bits per heavy atom. The Morgan fingerprint density at radius 1 is 0.440 bits per heavy atom. The van der Waals surface area contributed by atoms with Crippen LogP contribution in [0.5, 0.6) is 0 Å². The minimum atomic E-state index is 0.872. The van der Waals surface area contributed by atoms with Crippen molar-refractivity contribution in [2.24, 2.45) is 0 Å². The number of benzene rings is 8. The molecule has 0 bridgehead atoms. The summed E-state index contributed by atoms with van der Waals surface area (Å²) in [7, 11) is 0. The average Bonchev–Trinajstić information content (AvgIpc) is 3.84. The fourth-order valence-electron chi connectivity index (χ4n) is 7.90. The molecule has 0 aliphatic carbocycles. The van der Waals surface area contributed by atoms with Crippen molar-refractivity contribution in [3.8, 4) is 5.69 Å². The van der Waals surface area contributed by atoms with Crippen molar-refractivity contribution in [3.05, 3.63) is 170 Å². The first kappa shape index (κ1) is 27.6. The van der Waals surface area contributed by atoms with Crippen LogP contribution >= 0.6 is 11.3 Å². The summed E-state index contributed by atoms with van der Waals surface area (Å²) in [6, 6.07) is 61.4. The summed E-state index contributed by atoms with van der Waals surface area (Å²) in [6.45, 7) is 0. The number of fused-ring (bicyclic) bond motifs is 10. The van der Waals surface area contributed by atoms with Crippen LogP contribution in [-0.2, 0) is 0 Å². The lowest BCUT2D eigenvalue weighted by Gasteiger charge is -2.27. The number of furan rings is 1. The molecule has 0 saturated heterocycles. The van der Waals surface area contributed by atoms with Crippen molar-refractivity contribution >= 4 is 103 Å². The van der Waals surface area contributed by atoms with Gasteiger partial charge in [-0.25, -0.2) is 0 Å². The van der Waals surface area contributed by atoms with Gasteiger partial charge in [-0.05, 0) is 83.6 Å². The van der Waals surface area contributed by atoms with E-state index in [1.165, 1.54) is 47.2 Å². The van der Waals surface area contributed by atoms with Crippen LogP contribution in [0.1, 0.15) is 0 Å². The first-order valence-corrected chi connectivity index (χ1v) is 17.7. The van der Waals surface area contributed by atoms with Gasteiger partial charge in [0.05, 0.1) is 16.7 Å². The van der Waals surface area contributed by atoms with Gasteiger partial charge in [-0.2, -0.15) is 0 Å². The number of hydrogen-bond acceptors (Lipinski definition) is 3. The van der Waals surface area contributed by atoms with Crippen LogP contribution in [0, 0.1) is 0 Å². The summed E-state index contributed by atoms with van der Waals surface area (Å²) >= 11 is 1.86. The number of para-hydroxylation sites is 4. The lowest BCUT2D eigenvalue weighted by Crippen LogP contribution is -2.11. The molecule has 4 heteroatoms. The van der Waals surface area contributed by atoms with E-state index in [1.54, 1.807) is 0 Å². The van der Waals surface area contributed by atoms with Crippen molar-refractivity contribution in [1.82, 2.24) is 4.57 Å². The minimum absolute atomic E-state index is 0.872. The Hall–Kier alpha value is -6.36. The first-order valence-electron chi connectivity index (χ1n) is 16.9. The molecule has 0 aliphatic rings. The van der Waals surface area contributed by atoms with Crippen molar-refractivity contribution in [3.63, 3.8) is 0 Å². The van der Waals surface area contributed by atoms with Gasteiger partial charge in [0.15, 0.2) is 0 Å². The molecule has 50 heavy (non-hydrogen) atoms. The van der Waals surface area contributed by atoms with Crippen LogP contribution in [0.3, 0.4) is 0 Å². The molecule has 0 N–H and O–H groups in total. The molecule has 0 atom stereocenters. The van der Waals surface area contributed by atoms with E-state index in [0.717, 1.165) is 50.2 Å². The average molecular weight is 657 g/mol. The van der Waals surface area contributed by atoms with E-state index < -0.39 is 0 Å². The highest BCUT2D eigenvalue weighted by Crippen LogP contribution is 2.46. The largest absolute Gasteiger partial charge is 0.456 e. The standard InChI is InChI=1S/C46H28N2OS/c1-2-11-31(12-3-1)48-40-17-7-4-13-34(40)38-16-10-18-41(46(38)48)47(33-23-24-36-35-14-5-8-19-42(35)49-43(36)28-33)32-22-21-29-27-45-39(26-30(29)25-32)37-15-6-9-20-44(37)50-45/h1-28H. The van der Waals surface area contributed by atoms with Gasteiger partial charge < -0.3 is 13.9 Å². The lowest BCUT2D eigenvalue weighted by atomic mass is 10.0. The van der Waals surface area contributed by atoms with E-state index in [1.807, 2.05) is 23.5 Å². The fraction of sp³-hybridized carbons (Fsp3) is 0. The fourth-order valence-corrected chi connectivity index (χ4v) is 9.04. The lowest BCUT2D eigenvalue weighted by molar-refractivity contribution is 0.669. The minimum Gasteiger partial charge on any atom is -0.456 e. The van der Waals surface area contributed by atoms with Crippen LogP contribution < -0.4 is 4.90 Å². The van der Waals surface area contributed by atoms with E-state index in [9.17, 15) is 0 Å². The van der Waals surface area contributed by atoms with Gasteiger partial charge in [0.25, 0.3) is 0 Å². The van der Waals surface area contributed by atoms with Gasteiger partial charge >= 0.3 is 0 Å². The van der Waals surface area contributed by atoms with E-state index >= 15 is 0 Å². The number of aromatic nitrogens is 1. The van der Waals surface area contributed by atoms with Crippen LogP contribution in [0.15, 0.2) is 174 Å². The number of thiophene rings is 1. The quantitative estimate of drug-likeness (QED) is 0.188. The second kappa shape index (κ2) is 10.6. The van der Waals surface area contributed by atoms with Gasteiger partial charge in [-0.3, -0.25) is 0 Å². The summed E-state index contributed by atoms with van der Waals surface area (Å²) < 4.78 is 11.5. The number of nitrogens with zero attached hydrogens (tertiary/aromatic N) is 2. The van der Waals surface area contributed by atoms with Gasteiger partial charge in [-0.15, -0.1) is 11.3 Å². The highest BCUT2D eigenvalue weighted by molar-refractivity contribution is 7.25. The molecule has 8 aromatic carbocycles. The Morgan fingerprint density at radius 3 is 2.08 bits per heavy atom.